The Morgan fingerprint density at radius 3 is 1.22 bits per heavy atom. The molecule has 0 spiro atoms. The second-order valence-corrected chi connectivity index (χ2v) is 5.82. The molecule has 111 valence electrons. The molecule has 0 aliphatic heterocycles. The van der Waals surface area contributed by atoms with E-state index in [2.05, 4.69) is 0 Å². The maximum absolute atomic E-state index is 13.0. The fraction of sp³-hybridized carbons (Fsp3) is 0.0500. The summed E-state index contributed by atoms with van der Waals surface area (Å²) in [7, 11) is 0. The monoisotopic (exact) mass is 407 g/mol. The quantitative estimate of drug-likeness (QED) is 0.489. The normalized spacial score (nSPS) is 11.0. The van der Waals surface area contributed by atoms with Crippen molar-refractivity contribution in [1.82, 2.24) is 0 Å². The van der Waals surface area contributed by atoms with Gasteiger partial charge in [0.25, 0.3) is 0 Å². The third-order valence-electron chi connectivity index (χ3n) is 4.02. The third kappa shape index (κ3) is 2.79. The summed E-state index contributed by atoms with van der Waals surface area (Å²) in [6, 6.07) is 29.4. The SMILES string of the molecule is O=C([O][Sn])C(c1ccccc1)(c1ccccc1)c1ccccc1. The Hall–Kier alpha value is -2.07. The molecule has 3 aromatic rings. The van der Waals surface area contributed by atoms with Gasteiger partial charge in [-0.15, -0.1) is 0 Å². The molecule has 0 bridgehead atoms. The fourth-order valence-electron chi connectivity index (χ4n) is 2.99. The summed E-state index contributed by atoms with van der Waals surface area (Å²) < 4.78 is 5.33. The minimum absolute atomic E-state index is 0.251. The molecular weight excluding hydrogens is 391 g/mol. The van der Waals surface area contributed by atoms with Crippen molar-refractivity contribution in [2.24, 2.45) is 0 Å². The average Bonchev–Trinajstić information content (AvgIpc) is 2.65. The predicted octanol–water partition coefficient (Wildman–Crippen LogP) is 3.65. The number of hydrogen-bond donors (Lipinski definition) is 0. The van der Waals surface area contributed by atoms with Gasteiger partial charge in [-0.05, 0) is 0 Å². The van der Waals surface area contributed by atoms with Crippen LogP contribution in [-0.4, -0.2) is 28.9 Å². The summed E-state index contributed by atoms with van der Waals surface area (Å²) in [4.78, 5) is 13.0. The van der Waals surface area contributed by atoms with Crippen LogP contribution in [0.5, 0.6) is 0 Å². The van der Waals surface area contributed by atoms with Crippen molar-refractivity contribution in [2.45, 2.75) is 5.41 Å². The first-order chi connectivity index (χ1) is 11.3. The summed E-state index contributed by atoms with van der Waals surface area (Å²) in [5.74, 6) is -0.251. The van der Waals surface area contributed by atoms with E-state index in [0.29, 0.717) is 0 Å². The molecule has 3 rings (SSSR count). The summed E-state index contributed by atoms with van der Waals surface area (Å²) in [6.45, 7) is 0. The standard InChI is InChI=1S/C20H16O2.Sn/c21-19(22)20(16-10-4-1-5-11-16,17-12-6-2-7-13-17)18-14-8-3-9-15-18;/h1-15H,(H,21,22);/q;+1/p-1. The van der Waals surface area contributed by atoms with Gasteiger partial charge in [-0.2, -0.15) is 0 Å². The second-order valence-electron chi connectivity index (χ2n) is 5.24. The fourth-order valence-corrected chi connectivity index (χ4v) is 3.43. The van der Waals surface area contributed by atoms with Gasteiger partial charge in [-0.3, -0.25) is 0 Å². The van der Waals surface area contributed by atoms with E-state index in [1.165, 1.54) is 0 Å². The van der Waals surface area contributed by atoms with Crippen LogP contribution >= 0.6 is 0 Å². The van der Waals surface area contributed by atoms with Crippen LogP contribution in [0.4, 0.5) is 0 Å². The maximum atomic E-state index is 13.0. The van der Waals surface area contributed by atoms with Crippen molar-refractivity contribution in [1.29, 1.82) is 0 Å². The molecule has 3 radical (unpaired) electrons. The van der Waals surface area contributed by atoms with E-state index >= 15 is 0 Å². The average molecular weight is 406 g/mol. The van der Waals surface area contributed by atoms with Gasteiger partial charge >= 0.3 is 150 Å². The molecule has 0 amide bonds. The number of rotatable bonds is 4. The van der Waals surface area contributed by atoms with Crippen LogP contribution in [-0.2, 0) is 13.3 Å². The van der Waals surface area contributed by atoms with Crippen LogP contribution < -0.4 is 0 Å². The van der Waals surface area contributed by atoms with Crippen LogP contribution in [0.15, 0.2) is 91.0 Å². The number of benzene rings is 3. The van der Waals surface area contributed by atoms with Crippen molar-refractivity contribution >= 4 is 28.9 Å². The summed E-state index contributed by atoms with van der Waals surface area (Å²) in [6.07, 6.45) is 0. The second kappa shape index (κ2) is 7.00. The number of carbonyl (C=O) groups is 1. The molecule has 0 saturated carbocycles. The molecule has 0 saturated heterocycles. The summed E-state index contributed by atoms with van der Waals surface area (Å²) >= 11 is 0.737. The molecule has 3 aromatic carbocycles. The summed E-state index contributed by atoms with van der Waals surface area (Å²) in [5, 5.41) is 0. The molecule has 0 aliphatic carbocycles. The Labute approximate surface area is 149 Å². The summed E-state index contributed by atoms with van der Waals surface area (Å²) in [5.41, 5.74) is 1.77. The molecule has 0 unspecified atom stereocenters. The number of hydrogen-bond acceptors (Lipinski definition) is 2. The molecule has 0 fully saturated rings. The van der Waals surface area contributed by atoms with Gasteiger partial charge in [0.1, 0.15) is 0 Å². The topological polar surface area (TPSA) is 26.3 Å². The van der Waals surface area contributed by atoms with Gasteiger partial charge in [0.15, 0.2) is 0 Å². The molecule has 3 heteroatoms. The van der Waals surface area contributed by atoms with E-state index in [9.17, 15) is 4.79 Å². The van der Waals surface area contributed by atoms with Crippen LogP contribution in [0.3, 0.4) is 0 Å². The van der Waals surface area contributed by atoms with Gasteiger partial charge < -0.3 is 0 Å². The van der Waals surface area contributed by atoms with E-state index in [1.807, 2.05) is 91.0 Å². The predicted molar refractivity (Wildman–Crippen MR) is 91.1 cm³/mol. The van der Waals surface area contributed by atoms with Crippen molar-refractivity contribution in [3.8, 4) is 0 Å². The number of carbonyl (C=O) groups excluding carboxylic acids is 1. The molecule has 23 heavy (non-hydrogen) atoms. The molecular formula is C20H15O2Sn. The Morgan fingerprint density at radius 1 is 0.652 bits per heavy atom. The van der Waals surface area contributed by atoms with Crippen molar-refractivity contribution in [2.75, 3.05) is 0 Å². The van der Waals surface area contributed by atoms with Crippen LogP contribution in [0.2, 0.25) is 0 Å². The van der Waals surface area contributed by atoms with Crippen LogP contribution in [0, 0.1) is 0 Å². The first-order valence-corrected chi connectivity index (χ1v) is 8.51. The Balaban J connectivity index is 2.38. The Bertz CT molecular complexity index is 674. The molecule has 0 atom stereocenters. The van der Waals surface area contributed by atoms with E-state index in [0.717, 1.165) is 39.6 Å². The van der Waals surface area contributed by atoms with Gasteiger partial charge in [0, 0.05) is 0 Å². The molecule has 0 N–H and O–H groups in total. The molecule has 0 aliphatic rings. The molecule has 0 heterocycles. The molecule has 2 nitrogen and oxygen atoms in total. The van der Waals surface area contributed by atoms with Gasteiger partial charge in [-0.25, -0.2) is 0 Å². The van der Waals surface area contributed by atoms with E-state index in [4.69, 9.17) is 3.07 Å². The Kier molecular flexibility index (Phi) is 4.81. The third-order valence-corrected chi connectivity index (χ3v) is 4.55. The van der Waals surface area contributed by atoms with Gasteiger partial charge in [-0.1, -0.05) is 0 Å². The first-order valence-electron chi connectivity index (χ1n) is 7.34. The van der Waals surface area contributed by atoms with Crippen LogP contribution in [0.25, 0.3) is 0 Å². The zero-order chi connectivity index (χ0) is 16.1. The van der Waals surface area contributed by atoms with Gasteiger partial charge in [0.05, 0.1) is 0 Å². The van der Waals surface area contributed by atoms with E-state index in [-0.39, 0.29) is 5.97 Å². The van der Waals surface area contributed by atoms with Gasteiger partial charge in [0.2, 0.25) is 0 Å². The van der Waals surface area contributed by atoms with Crippen molar-refractivity contribution in [3.05, 3.63) is 108 Å². The van der Waals surface area contributed by atoms with Crippen molar-refractivity contribution in [3.63, 3.8) is 0 Å². The van der Waals surface area contributed by atoms with E-state index in [1.54, 1.807) is 0 Å². The Morgan fingerprint density at radius 2 is 0.957 bits per heavy atom. The molecule has 0 aromatic heterocycles. The van der Waals surface area contributed by atoms with E-state index < -0.39 is 5.41 Å². The first kappa shape index (κ1) is 15.8. The zero-order valence-corrected chi connectivity index (χ0v) is 15.3. The zero-order valence-electron chi connectivity index (χ0n) is 12.5. The minimum atomic E-state index is -0.951. The van der Waals surface area contributed by atoms with Crippen molar-refractivity contribution < 1.29 is 7.87 Å². The van der Waals surface area contributed by atoms with Crippen LogP contribution in [0.1, 0.15) is 16.7 Å².